The van der Waals surface area contributed by atoms with Crippen molar-refractivity contribution in [2.75, 3.05) is 0 Å². The van der Waals surface area contributed by atoms with Crippen molar-refractivity contribution in [3.63, 3.8) is 0 Å². The summed E-state index contributed by atoms with van der Waals surface area (Å²) in [5, 5.41) is 0. The summed E-state index contributed by atoms with van der Waals surface area (Å²) >= 11 is 0. The molecule has 0 saturated carbocycles. The number of aryl methyl sites for hydroxylation is 1. The van der Waals surface area contributed by atoms with Gasteiger partial charge < -0.3 is 5.73 Å². The van der Waals surface area contributed by atoms with E-state index >= 15 is 0 Å². The van der Waals surface area contributed by atoms with Crippen LogP contribution in [-0.4, -0.2) is 5.71 Å². The van der Waals surface area contributed by atoms with Crippen LogP contribution in [0.4, 0.5) is 5.69 Å². The molecule has 0 saturated heterocycles. The fourth-order valence-corrected chi connectivity index (χ4v) is 2.93. The van der Waals surface area contributed by atoms with Gasteiger partial charge in [-0.2, -0.15) is 0 Å². The zero-order chi connectivity index (χ0) is 18.4. The highest BCUT2D eigenvalue weighted by Gasteiger charge is 2.14. The lowest BCUT2D eigenvalue weighted by Crippen LogP contribution is -2.11. The van der Waals surface area contributed by atoms with E-state index in [4.69, 9.17) is 10.7 Å². The summed E-state index contributed by atoms with van der Waals surface area (Å²) in [5.41, 5.74) is 13.6. The topological polar surface area (TPSA) is 38.4 Å². The van der Waals surface area contributed by atoms with E-state index in [0.717, 1.165) is 40.2 Å². The van der Waals surface area contributed by atoms with E-state index in [1.165, 1.54) is 5.56 Å². The molecule has 0 unspecified atom stereocenters. The molecule has 0 atom stereocenters. The Hall–Kier alpha value is -3.13. The summed E-state index contributed by atoms with van der Waals surface area (Å²) in [6.07, 6.45) is 0.806. The van der Waals surface area contributed by atoms with Gasteiger partial charge in [0.25, 0.3) is 0 Å². The highest BCUT2D eigenvalue weighted by molar-refractivity contribution is 6.17. The second-order valence-electron chi connectivity index (χ2n) is 6.27. The van der Waals surface area contributed by atoms with Gasteiger partial charge in [-0.05, 0) is 31.0 Å². The third-order valence-electron chi connectivity index (χ3n) is 4.37. The molecule has 2 heteroatoms. The van der Waals surface area contributed by atoms with Gasteiger partial charge in [-0.1, -0.05) is 85.3 Å². The lowest BCUT2D eigenvalue weighted by atomic mass is 9.95. The van der Waals surface area contributed by atoms with Gasteiger partial charge in [-0.15, -0.1) is 0 Å². The number of benzene rings is 3. The number of hydrogen-bond acceptors (Lipinski definition) is 2. The zero-order valence-electron chi connectivity index (χ0n) is 15.3. The van der Waals surface area contributed by atoms with Gasteiger partial charge in [0.15, 0.2) is 0 Å². The molecule has 0 aliphatic carbocycles. The fraction of sp³-hybridized carbons (Fsp3) is 0.125. The molecular formula is C24H24N2. The second-order valence-corrected chi connectivity index (χ2v) is 6.27. The Kier molecular flexibility index (Phi) is 5.65. The number of hydrogen-bond donors (Lipinski definition) is 1. The number of nitrogens with zero attached hydrogens (tertiary/aromatic N) is 1. The zero-order valence-corrected chi connectivity index (χ0v) is 15.3. The van der Waals surface area contributed by atoms with E-state index in [-0.39, 0.29) is 0 Å². The predicted molar refractivity (Wildman–Crippen MR) is 112 cm³/mol. The average molecular weight is 340 g/mol. The summed E-state index contributed by atoms with van der Waals surface area (Å²) in [5.74, 6) is 0. The van der Waals surface area contributed by atoms with Crippen LogP contribution in [0, 0.1) is 6.92 Å². The molecule has 3 aromatic carbocycles. The van der Waals surface area contributed by atoms with E-state index in [0.29, 0.717) is 0 Å². The Balaban J connectivity index is 2.17. The molecule has 2 N–H and O–H groups in total. The molecule has 0 bridgehead atoms. The monoisotopic (exact) mass is 340 g/mol. The lowest BCUT2D eigenvalue weighted by Gasteiger charge is -2.14. The first kappa shape index (κ1) is 17.7. The first-order valence-electron chi connectivity index (χ1n) is 8.94. The largest absolute Gasteiger partial charge is 0.398 e. The number of allylic oxidation sites excluding steroid dienone is 1. The van der Waals surface area contributed by atoms with Gasteiger partial charge in [0.1, 0.15) is 0 Å². The van der Waals surface area contributed by atoms with Crippen molar-refractivity contribution in [3.05, 3.63) is 107 Å². The molecule has 0 aliphatic heterocycles. The highest BCUT2D eigenvalue weighted by Crippen LogP contribution is 2.24. The molecule has 0 fully saturated rings. The molecule has 26 heavy (non-hydrogen) atoms. The Morgan fingerprint density at radius 2 is 1.31 bits per heavy atom. The maximum Gasteiger partial charge on any atom is 0.0761 e. The van der Waals surface area contributed by atoms with Crippen molar-refractivity contribution in [1.29, 1.82) is 0 Å². The van der Waals surface area contributed by atoms with Crippen molar-refractivity contribution in [2.45, 2.75) is 20.3 Å². The Morgan fingerprint density at radius 1 is 0.769 bits per heavy atom. The molecule has 0 aromatic heterocycles. The molecule has 0 radical (unpaired) electrons. The van der Waals surface area contributed by atoms with Gasteiger partial charge in [0, 0.05) is 16.8 Å². The number of aliphatic imine (C=N–C) groups is 1. The molecule has 2 nitrogen and oxygen atoms in total. The van der Waals surface area contributed by atoms with E-state index in [9.17, 15) is 0 Å². The molecule has 130 valence electrons. The smallest absolute Gasteiger partial charge is 0.0761 e. The Morgan fingerprint density at radius 3 is 1.85 bits per heavy atom. The normalized spacial score (nSPS) is 12.6. The maximum atomic E-state index is 6.56. The second kappa shape index (κ2) is 8.30. The lowest BCUT2D eigenvalue weighted by molar-refractivity contribution is 1.16. The molecule has 0 spiro atoms. The summed E-state index contributed by atoms with van der Waals surface area (Å²) in [7, 11) is 0. The average Bonchev–Trinajstić information content (AvgIpc) is 2.70. The van der Waals surface area contributed by atoms with Crippen LogP contribution in [-0.2, 0) is 0 Å². The van der Waals surface area contributed by atoms with Crippen LogP contribution in [0.1, 0.15) is 30.0 Å². The summed E-state index contributed by atoms with van der Waals surface area (Å²) in [4.78, 5) is 4.97. The van der Waals surface area contributed by atoms with Crippen LogP contribution in [0.2, 0.25) is 0 Å². The van der Waals surface area contributed by atoms with Gasteiger partial charge in [-0.25, -0.2) is 4.99 Å². The van der Waals surface area contributed by atoms with Crippen molar-refractivity contribution in [2.24, 2.45) is 10.7 Å². The third-order valence-corrected chi connectivity index (χ3v) is 4.37. The molecule has 0 aliphatic rings. The van der Waals surface area contributed by atoms with E-state index in [1.807, 2.05) is 60.7 Å². The van der Waals surface area contributed by atoms with Crippen LogP contribution in [0.25, 0.3) is 5.70 Å². The van der Waals surface area contributed by atoms with Crippen molar-refractivity contribution in [3.8, 4) is 0 Å². The quantitative estimate of drug-likeness (QED) is 0.577. The summed E-state index contributed by atoms with van der Waals surface area (Å²) in [6, 6.07) is 28.6. The van der Waals surface area contributed by atoms with Crippen LogP contribution in [0.3, 0.4) is 0 Å². The van der Waals surface area contributed by atoms with Gasteiger partial charge in [-0.3, -0.25) is 0 Å². The van der Waals surface area contributed by atoms with Crippen LogP contribution < -0.4 is 5.73 Å². The predicted octanol–water partition coefficient (Wildman–Crippen LogP) is 5.90. The van der Waals surface area contributed by atoms with Crippen molar-refractivity contribution < 1.29 is 0 Å². The third kappa shape index (κ3) is 4.09. The van der Waals surface area contributed by atoms with Crippen molar-refractivity contribution >= 4 is 17.1 Å². The molecule has 0 heterocycles. The van der Waals surface area contributed by atoms with E-state index in [1.54, 1.807) is 0 Å². The summed E-state index contributed by atoms with van der Waals surface area (Å²) < 4.78 is 0. The van der Waals surface area contributed by atoms with Crippen molar-refractivity contribution in [1.82, 2.24) is 0 Å². The number of rotatable bonds is 5. The Labute approximate surface area is 155 Å². The van der Waals surface area contributed by atoms with Gasteiger partial charge >= 0.3 is 0 Å². The van der Waals surface area contributed by atoms with E-state index in [2.05, 4.69) is 38.1 Å². The Bertz CT molecular complexity index is 905. The summed E-state index contributed by atoms with van der Waals surface area (Å²) in [6.45, 7) is 4.20. The molecular weight excluding hydrogens is 316 g/mol. The first-order chi connectivity index (χ1) is 12.7. The molecule has 0 amide bonds. The van der Waals surface area contributed by atoms with E-state index < -0.39 is 0 Å². The highest BCUT2D eigenvalue weighted by atomic mass is 14.8. The van der Waals surface area contributed by atoms with Crippen LogP contribution in [0.5, 0.6) is 0 Å². The van der Waals surface area contributed by atoms with Crippen LogP contribution >= 0.6 is 0 Å². The fourth-order valence-electron chi connectivity index (χ4n) is 2.93. The van der Waals surface area contributed by atoms with Gasteiger partial charge in [0.2, 0.25) is 0 Å². The first-order valence-corrected chi connectivity index (χ1v) is 8.94. The standard InChI is InChI=1S/C24H24N2/c1-3-22(23(25)19-10-6-4-7-11-19)24(20-12-8-5-9-13-20)26-21-16-14-18(2)15-17-21/h4-17H,3,25H2,1-2H3/b23-22-,26-24?. The molecule has 3 rings (SSSR count). The SMILES string of the molecule is CC/C(C(=Nc1ccc(C)cc1)c1ccccc1)=C(/N)c1ccccc1. The maximum absolute atomic E-state index is 6.56. The van der Waals surface area contributed by atoms with Gasteiger partial charge in [0.05, 0.1) is 11.4 Å². The number of nitrogens with two attached hydrogens (primary N) is 1. The van der Waals surface area contributed by atoms with Crippen LogP contribution in [0.15, 0.2) is 95.5 Å². The molecule has 3 aromatic rings. The minimum Gasteiger partial charge on any atom is -0.398 e. The minimum absolute atomic E-state index is 0.780. The minimum atomic E-state index is 0.780.